The Labute approximate surface area is 102 Å². The third-order valence-corrected chi connectivity index (χ3v) is 2.27. The normalized spacial score (nSPS) is 10.0. The van der Waals surface area contributed by atoms with Crippen molar-refractivity contribution in [3.63, 3.8) is 0 Å². The van der Waals surface area contributed by atoms with Crippen LogP contribution < -0.4 is 11.1 Å². The topological polar surface area (TPSA) is 121 Å². The van der Waals surface area contributed by atoms with Gasteiger partial charge in [0, 0.05) is 5.56 Å². The van der Waals surface area contributed by atoms with Crippen LogP contribution in [0.2, 0.25) is 0 Å². The van der Waals surface area contributed by atoms with E-state index in [1.165, 1.54) is 30.5 Å². The first kappa shape index (κ1) is 11.6. The second-order valence-corrected chi connectivity index (χ2v) is 3.52. The molecule has 2 amide bonds. The molecule has 7 heteroatoms. The molecule has 1 aromatic heterocycles. The maximum Gasteiger partial charge on any atom is 0.256 e. The number of hydrogen-bond donors (Lipinski definition) is 4. The summed E-state index contributed by atoms with van der Waals surface area (Å²) in [7, 11) is 0. The molecule has 92 valence electrons. The van der Waals surface area contributed by atoms with E-state index < -0.39 is 11.8 Å². The highest BCUT2D eigenvalue weighted by molar-refractivity contribution is 6.07. The van der Waals surface area contributed by atoms with Crippen LogP contribution in [0.5, 0.6) is 5.75 Å². The summed E-state index contributed by atoms with van der Waals surface area (Å²) in [6, 6.07) is 5.67. The van der Waals surface area contributed by atoms with Crippen molar-refractivity contribution >= 4 is 17.6 Å². The van der Waals surface area contributed by atoms with E-state index in [2.05, 4.69) is 15.5 Å². The van der Waals surface area contributed by atoms with Gasteiger partial charge in [0.25, 0.3) is 11.8 Å². The van der Waals surface area contributed by atoms with Crippen LogP contribution >= 0.6 is 0 Å². The number of aromatic nitrogens is 2. The molecular formula is C11H10N4O3. The number of nitrogens with one attached hydrogen (secondary N) is 2. The molecule has 1 aromatic carbocycles. The zero-order valence-corrected chi connectivity index (χ0v) is 9.18. The van der Waals surface area contributed by atoms with E-state index in [9.17, 15) is 9.59 Å². The number of anilines is 1. The van der Waals surface area contributed by atoms with E-state index >= 15 is 0 Å². The fraction of sp³-hybridized carbons (Fsp3) is 0. The van der Waals surface area contributed by atoms with Crippen LogP contribution in [0.25, 0.3) is 0 Å². The predicted molar refractivity (Wildman–Crippen MR) is 63.2 cm³/mol. The van der Waals surface area contributed by atoms with E-state index in [0.29, 0.717) is 5.56 Å². The van der Waals surface area contributed by atoms with Gasteiger partial charge in [0.1, 0.15) is 17.1 Å². The Kier molecular flexibility index (Phi) is 2.96. The summed E-state index contributed by atoms with van der Waals surface area (Å²) in [5.74, 6) is -0.932. The van der Waals surface area contributed by atoms with Crippen molar-refractivity contribution in [1.82, 2.24) is 10.2 Å². The average molecular weight is 246 g/mol. The van der Waals surface area contributed by atoms with E-state index in [4.69, 9.17) is 10.8 Å². The first-order valence-corrected chi connectivity index (χ1v) is 5.01. The van der Waals surface area contributed by atoms with Gasteiger partial charge >= 0.3 is 0 Å². The summed E-state index contributed by atoms with van der Waals surface area (Å²) in [5.41, 5.74) is 5.54. The lowest BCUT2D eigenvalue weighted by Gasteiger charge is -2.04. The van der Waals surface area contributed by atoms with Crippen LogP contribution in [0.15, 0.2) is 30.5 Å². The van der Waals surface area contributed by atoms with E-state index in [-0.39, 0.29) is 17.1 Å². The number of nitrogens with zero attached hydrogens (tertiary/aromatic N) is 1. The molecule has 5 N–H and O–H groups in total. The number of primary amides is 1. The number of amides is 2. The molecule has 1 heterocycles. The maximum atomic E-state index is 11.8. The zero-order valence-electron chi connectivity index (χ0n) is 9.18. The Hall–Kier alpha value is -2.83. The number of benzene rings is 1. The third-order valence-electron chi connectivity index (χ3n) is 2.27. The van der Waals surface area contributed by atoms with Gasteiger partial charge in [-0.3, -0.25) is 14.7 Å². The summed E-state index contributed by atoms with van der Waals surface area (Å²) < 4.78 is 0. The van der Waals surface area contributed by atoms with E-state index in [1.807, 2.05) is 0 Å². The Balaban J connectivity index is 2.19. The van der Waals surface area contributed by atoms with E-state index in [0.717, 1.165) is 0 Å². The molecule has 0 aliphatic heterocycles. The molecule has 0 atom stereocenters. The summed E-state index contributed by atoms with van der Waals surface area (Å²) >= 11 is 0. The molecule has 0 unspecified atom stereocenters. The highest BCUT2D eigenvalue weighted by Crippen LogP contribution is 2.14. The molecule has 2 aromatic rings. The van der Waals surface area contributed by atoms with Crippen LogP contribution in [0, 0.1) is 0 Å². The highest BCUT2D eigenvalue weighted by Gasteiger charge is 2.14. The maximum absolute atomic E-state index is 11.8. The van der Waals surface area contributed by atoms with Gasteiger partial charge in [-0.2, -0.15) is 5.10 Å². The summed E-state index contributed by atoms with van der Waals surface area (Å²) in [4.78, 5) is 22.8. The average Bonchev–Trinajstić information content (AvgIpc) is 2.78. The molecule has 18 heavy (non-hydrogen) atoms. The lowest BCUT2D eigenvalue weighted by molar-refractivity contribution is 0.100. The Morgan fingerprint density at radius 1 is 1.28 bits per heavy atom. The Morgan fingerprint density at radius 2 is 1.94 bits per heavy atom. The van der Waals surface area contributed by atoms with Crippen molar-refractivity contribution in [2.45, 2.75) is 0 Å². The summed E-state index contributed by atoms with van der Waals surface area (Å²) in [6.07, 6.45) is 1.23. The molecule has 0 saturated carbocycles. The van der Waals surface area contributed by atoms with Gasteiger partial charge in [-0.1, -0.05) is 0 Å². The van der Waals surface area contributed by atoms with Crippen molar-refractivity contribution in [2.24, 2.45) is 5.73 Å². The summed E-state index contributed by atoms with van der Waals surface area (Å²) in [5, 5.41) is 17.7. The second-order valence-electron chi connectivity index (χ2n) is 3.52. The lowest BCUT2D eigenvalue weighted by Crippen LogP contribution is -2.17. The molecular weight excluding hydrogens is 236 g/mol. The monoisotopic (exact) mass is 246 g/mol. The number of phenols is 1. The number of nitrogens with two attached hydrogens (primary N) is 1. The van der Waals surface area contributed by atoms with Crippen LogP contribution in [0.4, 0.5) is 5.82 Å². The quantitative estimate of drug-likeness (QED) is 0.628. The van der Waals surface area contributed by atoms with Gasteiger partial charge in [-0.25, -0.2) is 0 Å². The molecule has 0 aliphatic rings. The molecule has 0 bridgehead atoms. The second kappa shape index (κ2) is 4.58. The van der Waals surface area contributed by atoms with Crippen molar-refractivity contribution in [3.8, 4) is 5.75 Å². The number of carbonyl (C=O) groups is 2. The Bertz CT molecular complexity index is 589. The van der Waals surface area contributed by atoms with Crippen molar-refractivity contribution in [2.75, 3.05) is 5.32 Å². The number of rotatable bonds is 3. The molecule has 0 fully saturated rings. The predicted octanol–water partition coefficient (Wildman–Crippen LogP) is 0.466. The van der Waals surface area contributed by atoms with Gasteiger partial charge in [0.2, 0.25) is 0 Å². The van der Waals surface area contributed by atoms with Crippen LogP contribution in [-0.4, -0.2) is 27.1 Å². The highest BCUT2D eigenvalue weighted by atomic mass is 16.3. The first-order chi connectivity index (χ1) is 8.58. The van der Waals surface area contributed by atoms with Gasteiger partial charge < -0.3 is 16.2 Å². The minimum atomic E-state index is -0.690. The van der Waals surface area contributed by atoms with E-state index in [1.54, 1.807) is 0 Å². The number of H-pyrrole nitrogens is 1. The number of aromatic hydroxyl groups is 1. The fourth-order valence-corrected chi connectivity index (χ4v) is 1.37. The third kappa shape index (κ3) is 2.29. The lowest BCUT2D eigenvalue weighted by atomic mass is 10.2. The molecule has 0 spiro atoms. The Morgan fingerprint density at radius 3 is 2.56 bits per heavy atom. The van der Waals surface area contributed by atoms with Crippen molar-refractivity contribution in [1.29, 1.82) is 0 Å². The molecule has 2 rings (SSSR count). The molecule has 0 aliphatic carbocycles. The van der Waals surface area contributed by atoms with Gasteiger partial charge in [-0.05, 0) is 24.3 Å². The number of carbonyl (C=O) groups excluding carboxylic acids is 2. The fourth-order valence-electron chi connectivity index (χ4n) is 1.37. The van der Waals surface area contributed by atoms with Crippen LogP contribution in [0.3, 0.4) is 0 Å². The van der Waals surface area contributed by atoms with Crippen LogP contribution in [-0.2, 0) is 0 Å². The standard InChI is InChI=1S/C11H10N4O3/c12-9(17)8-5-13-15-10(8)14-11(18)6-1-3-7(16)4-2-6/h1-5,16H,(H2,12,17)(H2,13,14,15,18). The zero-order chi connectivity index (χ0) is 13.1. The number of hydrogen-bond acceptors (Lipinski definition) is 4. The van der Waals surface area contributed by atoms with Crippen LogP contribution in [0.1, 0.15) is 20.7 Å². The SMILES string of the molecule is NC(=O)c1cn[nH]c1NC(=O)c1ccc(O)cc1. The molecule has 7 nitrogen and oxygen atoms in total. The largest absolute Gasteiger partial charge is 0.508 e. The van der Waals surface area contributed by atoms with Gasteiger partial charge in [0.05, 0.1) is 6.20 Å². The minimum Gasteiger partial charge on any atom is -0.508 e. The van der Waals surface area contributed by atoms with Gasteiger partial charge in [-0.15, -0.1) is 0 Å². The molecule has 0 radical (unpaired) electrons. The smallest absolute Gasteiger partial charge is 0.256 e. The minimum absolute atomic E-state index is 0.0610. The number of phenolic OH excluding ortho intramolecular Hbond substituents is 1. The summed E-state index contributed by atoms with van der Waals surface area (Å²) in [6.45, 7) is 0. The molecule has 0 saturated heterocycles. The van der Waals surface area contributed by atoms with Crippen molar-refractivity contribution in [3.05, 3.63) is 41.6 Å². The first-order valence-electron chi connectivity index (χ1n) is 5.01. The van der Waals surface area contributed by atoms with Gasteiger partial charge in [0.15, 0.2) is 0 Å². The van der Waals surface area contributed by atoms with Crippen molar-refractivity contribution < 1.29 is 14.7 Å². The number of aromatic amines is 1.